The van der Waals surface area contributed by atoms with E-state index in [0.29, 0.717) is 28.2 Å². The minimum absolute atomic E-state index is 0.342. The minimum atomic E-state index is -0.342. The first-order valence-electron chi connectivity index (χ1n) is 8.15. The van der Waals surface area contributed by atoms with Crippen LogP contribution in [0.3, 0.4) is 0 Å². The Balaban J connectivity index is 1.57. The molecular formula is C19H12N4O3S. The van der Waals surface area contributed by atoms with Crippen molar-refractivity contribution in [3.05, 3.63) is 70.3 Å². The third kappa shape index (κ3) is 2.76. The fourth-order valence-electron chi connectivity index (χ4n) is 2.81. The molecule has 5 rings (SSSR count). The maximum absolute atomic E-state index is 11.4. The highest BCUT2D eigenvalue weighted by Gasteiger charge is 2.13. The largest absolute Gasteiger partial charge is 0.438 e. The van der Waals surface area contributed by atoms with Gasteiger partial charge >= 0.3 is 4.94 Å². The van der Waals surface area contributed by atoms with Crippen molar-refractivity contribution in [1.82, 2.24) is 19.7 Å². The standard InChI is InChI=1S/C19H12N4O3S/c1-11-2-4-12(5-3-11)23-17-14(9-22-23)18(21-10-20-17)25-13-6-7-16-15(8-13)26-19(24)27-16/h2-10H,1H3. The molecule has 0 radical (unpaired) electrons. The molecule has 0 amide bonds. The summed E-state index contributed by atoms with van der Waals surface area (Å²) in [4.78, 5) is 19.6. The number of nitrogens with zero attached hydrogens (tertiary/aromatic N) is 4. The Morgan fingerprint density at radius 3 is 2.81 bits per heavy atom. The second-order valence-electron chi connectivity index (χ2n) is 5.97. The maximum atomic E-state index is 11.4. The van der Waals surface area contributed by atoms with Crippen molar-refractivity contribution in [2.45, 2.75) is 6.92 Å². The molecule has 0 bridgehead atoms. The number of benzene rings is 2. The van der Waals surface area contributed by atoms with Crippen molar-refractivity contribution in [1.29, 1.82) is 0 Å². The predicted molar refractivity (Wildman–Crippen MR) is 102 cm³/mol. The van der Waals surface area contributed by atoms with Crippen LogP contribution >= 0.6 is 11.3 Å². The van der Waals surface area contributed by atoms with Crippen LogP contribution in [0.2, 0.25) is 0 Å². The SMILES string of the molecule is Cc1ccc(-n2ncc3c(Oc4ccc5sc(=O)oc5c4)ncnc32)cc1. The number of hydrogen-bond acceptors (Lipinski definition) is 7. The molecule has 0 unspecified atom stereocenters. The third-order valence-corrected chi connectivity index (χ3v) is 4.93. The predicted octanol–water partition coefficient (Wildman–Crippen LogP) is 4.08. The van der Waals surface area contributed by atoms with Crippen molar-refractivity contribution in [3.8, 4) is 17.3 Å². The van der Waals surface area contributed by atoms with Crippen LogP contribution in [0, 0.1) is 6.92 Å². The van der Waals surface area contributed by atoms with Gasteiger partial charge in [0.2, 0.25) is 5.88 Å². The van der Waals surface area contributed by atoms with Crippen LogP contribution in [0.1, 0.15) is 5.56 Å². The number of rotatable bonds is 3. The van der Waals surface area contributed by atoms with Gasteiger partial charge in [-0.1, -0.05) is 29.0 Å². The highest BCUT2D eigenvalue weighted by molar-refractivity contribution is 7.16. The molecule has 27 heavy (non-hydrogen) atoms. The van der Waals surface area contributed by atoms with E-state index in [1.54, 1.807) is 29.1 Å². The fourth-order valence-corrected chi connectivity index (χ4v) is 3.46. The van der Waals surface area contributed by atoms with E-state index in [9.17, 15) is 4.79 Å². The topological polar surface area (TPSA) is 83.0 Å². The lowest BCUT2D eigenvalue weighted by molar-refractivity contribution is 0.467. The Labute approximate surface area is 156 Å². The molecule has 132 valence electrons. The average Bonchev–Trinajstić information content (AvgIpc) is 3.25. The van der Waals surface area contributed by atoms with Gasteiger partial charge in [0.15, 0.2) is 11.2 Å². The van der Waals surface area contributed by atoms with Gasteiger partial charge in [-0.15, -0.1) is 0 Å². The van der Waals surface area contributed by atoms with E-state index in [0.717, 1.165) is 21.7 Å². The lowest BCUT2D eigenvalue weighted by atomic mass is 10.2. The number of aryl methyl sites for hydroxylation is 1. The Morgan fingerprint density at radius 2 is 1.96 bits per heavy atom. The van der Waals surface area contributed by atoms with E-state index in [2.05, 4.69) is 15.1 Å². The van der Waals surface area contributed by atoms with Crippen LogP contribution in [0.4, 0.5) is 0 Å². The van der Waals surface area contributed by atoms with Crippen LogP contribution in [0.5, 0.6) is 11.6 Å². The number of fused-ring (bicyclic) bond motifs is 2. The molecule has 0 spiro atoms. The van der Waals surface area contributed by atoms with Gasteiger partial charge in [0, 0.05) is 6.07 Å². The van der Waals surface area contributed by atoms with Crippen molar-refractivity contribution in [3.63, 3.8) is 0 Å². The smallest absolute Gasteiger partial charge is 0.396 e. The second kappa shape index (κ2) is 6.03. The maximum Gasteiger partial charge on any atom is 0.396 e. The lowest BCUT2D eigenvalue weighted by Gasteiger charge is -2.06. The highest BCUT2D eigenvalue weighted by Crippen LogP contribution is 2.30. The zero-order valence-corrected chi connectivity index (χ0v) is 14.9. The first kappa shape index (κ1) is 15.7. The molecule has 0 aliphatic rings. The summed E-state index contributed by atoms with van der Waals surface area (Å²) in [6, 6.07) is 13.2. The summed E-state index contributed by atoms with van der Waals surface area (Å²) in [5, 5.41) is 5.11. The molecule has 8 heteroatoms. The van der Waals surface area contributed by atoms with Crippen LogP contribution in [0.25, 0.3) is 27.0 Å². The molecule has 0 aliphatic carbocycles. The summed E-state index contributed by atoms with van der Waals surface area (Å²) in [5.41, 5.74) is 3.21. The van der Waals surface area contributed by atoms with Crippen LogP contribution in [-0.2, 0) is 0 Å². The molecule has 7 nitrogen and oxygen atoms in total. The Kier molecular flexibility index (Phi) is 3.51. The molecule has 0 aliphatic heterocycles. The Hall–Kier alpha value is -3.52. The van der Waals surface area contributed by atoms with E-state index in [4.69, 9.17) is 9.15 Å². The summed E-state index contributed by atoms with van der Waals surface area (Å²) in [6.07, 6.45) is 3.11. The van der Waals surface area contributed by atoms with Crippen molar-refractivity contribution in [2.24, 2.45) is 0 Å². The summed E-state index contributed by atoms with van der Waals surface area (Å²) in [6.45, 7) is 2.03. The van der Waals surface area contributed by atoms with Gasteiger partial charge in [0.05, 0.1) is 16.6 Å². The molecule has 0 fully saturated rings. The average molecular weight is 376 g/mol. The molecule has 3 heterocycles. The second-order valence-corrected chi connectivity index (χ2v) is 6.95. The number of aromatic nitrogens is 4. The molecule has 0 saturated carbocycles. The van der Waals surface area contributed by atoms with Crippen LogP contribution in [-0.4, -0.2) is 19.7 Å². The van der Waals surface area contributed by atoms with Gasteiger partial charge in [0.1, 0.15) is 17.5 Å². The zero-order chi connectivity index (χ0) is 18.4. The molecule has 0 N–H and O–H groups in total. The van der Waals surface area contributed by atoms with Gasteiger partial charge in [-0.25, -0.2) is 19.4 Å². The summed E-state index contributed by atoms with van der Waals surface area (Å²) in [7, 11) is 0. The van der Waals surface area contributed by atoms with E-state index in [1.807, 2.05) is 31.2 Å². The summed E-state index contributed by atoms with van der Waals surface area (Å²) in [5.74, 6) is 0.905. The summed E-state index contributed by atoms with van der Waals surface area (Å²) >= 11 is 1.05. The quantitative estimate of drug-likeness (QED) is 0.472. The summed E-state index contributed by atoms with van der Waals surface area (Å²) < 4.78 is 13.6. The molecule has 0 saturated heterocycles. The molecular weight excluding hydrogens is 364 g/mol. The van der Waals surface area contributed by atoms with E-state index < -0.39 is 0 Å². The monoisotopic (exact) mass is 376 g/mol. The van der Waals surface area contributed by atoms with Crippen molar-refractivity contribution < 1.29 is 9.15 Å². The normalized spacial score (nSPS) is 11.3. The zero-order valence-electron chi connectivity index (χ0n) is 14.1. The molecule has 3 aromatic heterocycles. The van der Waals surface area contributed by atoms with E-state index in [-0.39, 0.29) is 4.94 Å². The molecule has 2 aromatic carbocycles. The highest BCUT2D eigenvalue weighted by atomic mass is 32.1. The van der Waals surface area contributed by atoms with Crippen molar-refractivity contribution >= 4 is 32.7 Å². The van der Waals surface area contributed by atoms with Gasteiger partial charge in [-0.05, 0) is 31.2 Å². The Bertz CT molecular complexity index is 1330. The molecule has 0 atom stereocenters. The van der Waals surface area contributed by atoms with Crippen LogP contribution < -0.4 is 9.68 Å². The fraction of sp³-hybridized carbons (Fsp3) is 0.0526. The van der Waals surface area contributed by atoms with Gasteiger partial charge in [-0.3, -0.25) is 0 Å². The third-order valence-electron chi connectivity index (χ3n) is 4.12. The minimum Gasteiger partial charge on any atom is -0.438 e. The lowest BCUT2D eigenvalue weighted by Crippen LogP contribution is -1.98. The van der Waals surface area contributed by atoms with E-state index in [1.165, 1.54) is 11.9 Å². The van der Waals surface area contributed by atoms with Crippen LogP contribution in [0.15, 0.2) is 64.2 Å². The molecule has 5 aromatic rings. The van der Waals surface area contributed by atoms with Gasteiger partial charge in [0.25, 0.3) is 0 Å². The number of hydrogen-bond donors (Lipinski definition) is 0. The first-order valence-corrected chi connectivity index (χ1v) is 8.96. The number of ether oxygens (including phenoxy) is 1. The Morgan fingerprint density at radius 1 is 1.11 bits per heavy atom. The van der Waals surface area contributed by atoms with Gasteiger partial charge in [-0.2, -0.15) is 5.10 Å². The first-order chi connectivity index (χ1) is 13.2. The van der Waals surface area contributed by atoms with Gasteiger partial charge < -0.3 is 9.15 Å². The van der Waals surface area contributed by atoms with Crippen molar-refractivity contribution in [2.75, 3.05) is 0 Å². The van der Waals surface area contributed by atoms with E-state index >= 15 is 0 Å².